The van der Waals surface area contributed by atoms with Gasteiger partial charge in [0.05, 0.1) is 23.0 Å². The van der Waals surface area contributed by atoms with E-state index in [1.54, 1.807) is 6.92 Å². The Labute approximate surface area is 152 Å². The van der Waals surface area contributed by atoms with Crippen LogP contribution in [0.5, 0.6) is 0 Å². The van der Waals surface area contributed by atoms with Crippen LogP contribution in [0.1, 0.15) is 46.0 Å². The Balaban J connectivity index is 1.74. The lowest BCUT2D eigenvalue weighted by Gasteiger charge is -2.42. The van der Waals surface area contributed by atoms with Crippen LogP contribution in [0.2, 0.25) is 0 Å². The number of carboxylic acid groups (broad SMARTS) is 1. The number of hydrogen-bond acceptors (Lipinski definition) is 4. The SMILES string of the molecule is C/C=C1/C[C@]23C[C@@]1(O)CC[C@H]2C1=C[C@H]2CC(=O)[C@@](C)([C@H]1[C@@H]3C(=O)O)[C@H]2O. The number of rotatable bonds is 1. The Morgan fingerprint density at radius 1 is 1.38 bits per heavy atom. The molecule has 5 heteroatoms. The maximum absolute atomic E-state index is 12.8. The highest BCUT2D eigenvalue weighted by atomic mass is 16.4. The third kappa shape index (κ3) is 1.57. The van der Waals surface area contributed by atoms with Crippen molar-refractivity contribution in [2.24, 2.45) is 34.5 Å². The highest BCUT2D eigenvalue weighted by molar-refractivity contribution is 5.91. The van der Waals surface area contributed by atoms with E-state index in [9.17, 15) is 24.9 Å². The van der Waals surface area contributed by atoms with Gasteiger partial charge in [0.15, 0.2) is 0 Å². The molecule has 0 unspecified atom stereocenters. The van der Waals surface area contributed by atoms with Crippen molar-refractivity contribution >= 4 is 11.8 Å². The van der Waals surface area contributed by atoms with Gasteiger partial charge >= 0.3 is 5.97 Å². The monoisotopic (exact) mass is 358 g/mol. The molecule has 26 heavy (non-hydrogen) atoms. The minimum absolute atomic E-state index is 0.00735. The van der Waals surface area contributed by atoms with E-state index in [-0.39, 0.29) is 17.6 Å². The lowest BCUT2D eigenvalue weighted by molar-refractivity contribution is -0.154. The number of aliphatic hydroxyl groups excluding tert-OH is 1. The highest BCUT2D eigenvalue weighted by Crippen LogP contribution is 2.74. The van der Waals surface area contributed by atoms with Gasteiger partial charge < -0.3 is 15.3 Å². The van der Waals surface area contributed by atoms with Crippen LogP contribution in [0.3, 0.4) is 0 Å². The van der Waals surface area contributed by atoms with Crippen LogP contribution in [0, 0.1) is 34.5 Å². The molecule has 8 atom stereocenters. The fourth-order valence-corrected chi connectivity index (χ4v) is 7.66. The van der Waals surface area contributed by atoms with Gasteiger partial charge in [0.1, 0.15) is 5.78 Å². The first-order chi connectivity index (χ1) is 12.2. The molecule has 0 aromatic carbocycles. The minimum Gasteiger partial charge on any atom is -0.481 e. The zero-order chi connectivity index (χ0) is 18.6. The molecular weight excluding hydrogens is 332 g/mol. The predicted molar refractivity (Wildman–Crippen MR) is 93.0 cm³/mol. The summed E-state index contributed by atoms with van der Waals surface area (Å²) in [5.41, 5.74) is -0.422. The molecule has 0 radical (unpaired) electrons. The Morgan fingerprint density at radius 3 is 2.77 bits per heavy atom. The quantitative estimate of drug-likeness (QED) is 0.624. The number of allylic oxidation sites excluding steroid dienone is 2. The summed E-state index contributed by atoms with van der Waals surface area (Å²) in [5, 5.41) is 32.2. The molecule has 0 amide bonds. The maximum Gasteiger partial charge on any atom is 0.307 e. The van der Waals surface area contributed by atoms with Crippen molar-refractivity contribution < 1.29 is 24.9 Å². The Bertz CT molecular complexity index is 796. The summed E-state index contributed by atoms with van der Waals surface area (Å²) in [7, 11) is 0. The van der Waals surface area contributed by atoms with Gasteiger partial charge in [0.25, 0.3) is 0 Å². The topological polar surface area (TPSA) is 94.8 Å². The van der Waals surface area contributed by atoms with Crippen molar-refractivity contribution in [1.29, 1.82) is 0 Å². The summed E-state index contributed by atoms with van der Waals surface area (Å²) in [4.78, 5) is 25.3. The van der Waals surface area contributed by atoms with Crippen molar-refractivity contribution in [3.8, 4) is 0 Å². The van der Waals surface area contributed by atoms with Gasteiger partial charge in [0, 0.05) is 18.3 Å². The number of carboxylic acids is 1. The Kier molecular flexibility index (Phi) is 3.01. The minimum atomic E-state index is -1.01. The van der Waals surface area contributed by atoms with Crippen molar-refractivity contribution in [2.45, 2.75) is 57.7 Å². The van der Waals surface area contributed by atoms with Crippen molar-refractivity contribution in [1.82, 2.24) is 0 Å². The molecule has 0 heterocycles. The fraction of sp³-hybridized carbons (Fsp3) is 0.714. The average Bonchev–Trinajstić information content (AvgIpc) is 3.04. The predicted octanol–water partition coefficient (Wildman–Crippen LogP) is 2.08. The van der Waals surface area contributed by atoms with Crippen LogP contribution < -0.4 is 0 Å². The molecule has 1 spiro atoms. The molecular formula is C21H26O5. The molecule has 4 fully saturated rings. The van der Waals surface area contributed by atoms with Gasteiger partial charge in [-0.15, -0.1) is 0 Å². The Hall–Kier alpha value is -1.46. The number of ketones is 1. The van der Waals surface area contributed by atoms with Crippen molar-refractivity contribution in [3.05, 3.63) is 23.3 Å². The second-order valence-corrected chi connectivity index (χ2v) is 9.50. The van der Waals surface area contributed by atoms with Crippen molar-refractivity contribution in [2.75, 3.05) is 0 Å². The van der Waals surface area contributed by atoms with Crippen LogP contribution in [0.4, 0.5) is 0 Å². The normalized spacial score (nSPS) is 55.7. The second-order valence-electron chi connectivity index (χ2n) is 9.50. The molecule has 5 aliphatic rings. The first-order valence-corrected chi connectivity index (χ1v) is 9.73. The molecule has 3 N–H and O–H groups in total. The molecule has 4 bridgehead atoms. The first kappa shape index (κ1) is 16.7. The van der Waals surface area contributed by atoms with Gasteiger partial charge in [-0.3, -0.25) is 9.59 Å². The van der Waals surface area contributed by atoms with Gasteiger partial charge in [0.2, 0.25) is 0 Å². The van der Waals surface area contributed by atoms with E-state index in [4.69, 9.17) is 0 Å². The van der Waals surface area contributed by atoms with E-state index in [1.165, 1.54) is 0 Å². The van der Waals surface area contributed by atoms with E-state index >= 15 is 0 Å². The number of carbonyl (C=O) groups excluding carboxylic acids is 1. The molecule has 0 aromatic rings. The van der Waals surface area contributed by atoms with E-state index in [2.05, 4.69) is 0 Å². The molecule has 5 rings (SSSR count). The molecule has 140 valence electrons. The lowest BCUT2D eigenvalue weighted by Crippen LogP contribution is -2.49. The largest absolute Gasteiger partial charge is 0.481 e. The average molecular weight is 358 g/mol. The number of hydrogen-bond donors (Lipinski definition) is 3. The first-order valence-electron chi connectivity index (χ1n) is 9.73. The fourth-order valence-electron chi connectivity index (χ4n) is 7.66. The van der Waals surface area contributed by atoms with Crippen LogP contribution in [0.25, 0.3) is 0 Å². The molecule has 5 nitrogen and oxygen atoms in total. The molecule has 0 aliphatic heterocycles. The molecule has 0 aromatic heterocycles. The van der Waals surface area contributed by atoms with Gasteiger partial charge in [-0.2, -0.15) is 0 Å². The van der Waals surface area contributed by atoms with Crippen LogP contribution in [-0.4, -0.2) is 38.8 Å². The number of carbonyl (C=O) groups is 2. The summed E-state index contributed by atoms with van der Waals surface area (Å²) < 4.78 is 0. The van der Waals surface area contributed by atoms with E-state index in [1.807, 2.05) is 19.1 Å². The molecule has 0 saturated heterocycles. The Morgan fingerprint density at radius 2 is 2.12 bits per heavy atom. The van der Waals surface area contributed by atoms with Crippen LogP contribution in [-0.2, 0) is 9.59 Å². The van der Waals surface area contributed by atoms with E-state index < -0.39 is 40.3 Å². The number of aliphatic carboxylic acids is 1. The second kappa shape index (κ2) is 4.68. The smallest absolute Gasteiger partial charge is 0.307 e. The molecule has 5 aliphatic carbocycles. The summed E-state index contributed by atoms with van der Waals surface area (Å²) in [6.45, 7) is 3.69. The summed E-state index contributed by atoms with van der Waals surface area (Å²) >= 11 is 0. The van der Waals surface area contributed by atoms with Crippen LogP contribution >= 0.6 is 0 Å². The third-order valence-corrected chi connectivity index (χ3v) is 8.70. The van der Waals surface area contributed by atoms with Gasteiger partial charge in [-0.1, -0.05) is 17.7 Å². The zero-order valence-electron chi connectivity index (χ0n) is 15.2. The molecule has 4 saturated carbocycles. The van der Waals surface area contributed by atoms with Crippen molar-refractivity contribution in [3.63, 3.8) is 0 Å². The third-order valence-electron chi connectivity index (χ3n) is 8.70. The summed E-state index contributed by atoms with van der Waals surface area (Å²) in [6, 6.07) is 0. The summed E-state index contributed by atoms with van der Waals surface area (Å²) in [6.07, 6.45) is 5.94. The van der Waals surface area contributed by atoms with Gasteiger partial charge in [-0.25, -0.2) is 0 Å². The van der Waals surface area contributed by atoms with Gasteiger partial charge in [-0.05, 0) is 56.4 Å². The van der Waals surface area contributed by atoms with Crippen LogP contribution in [0.15, 0.2) is 23.3 Å². The highest BCUT2D eigenvalue weighted by Gasteiger charge is 2.74. The summed E-state index contributed by atoms with van der Waals surface area (Å²) in [5.74, 6) is -2.18. The maximum atomic E-state index is 12.8. The van der Waals surface area contributed by atoms with E-state index in [0.717, 1.165) is 17.6 Å². The number of Topliss-reactive ketones (excluding diaryl/α,β-unsaturated/α-hetero) is 1. The number of fused-ring (bicyclic) bond motifs is 6. The standard InChI is InChI=1S/C21H26O5/c1-3-11-8-20-9-21(11,26)5-4-13(20)12-6-10-7-14(22)19(2,17(10)23)15(12)16(20)18(24)25/h3,6,10,13,15-17,23,26H,4-5,7-9H2,1-2H3,(H,24,25)/b11-3-/t10-,13-,15+,16+,17-,19-,20-,21-/m0/s1. The van der Waals surface area contributed by atoms with E-state index in [0.29, 0.717) is 25.7 Å². The number of aliphatic hydroxyl groups is 2. The zero-order valence-corrected chi connectivity index (χ0v) is 15.2. The lowest BCUT2D eigenvalue weighted by atomic mass is 9.61.